The van der Waals surface area contributed by atoms with Gasteiger partial charge in [0.2, 0.25) is 5.91 Å². The molecule has 3 heterocycles. The number of nitrogens with zero attached hydrogens (tertiary/aromatic N) is 4. The van der Waals surface area contributed by atoms with Gasteiger partial charge in [-0.05, 0) is 18.1 Å². The normalized spacial score (nSPS) is 28.3. The van der Waals surface area contributed by atoms with E-state index in [9.17, 15) is 25.4 Å². The van der Waals surface area contributed by atoms with Crippen LogP contribution >= 0.6 is 0 Å². The van der Waals surface area contributed by atoms with E-state index in [0.717, 1.165) is 0 Å². The predicted octanol–water partition coefficient (Wildman–Crippen LogP) is -1.13. The molecule has 0 spiro atoms. The zero-order chi connectivity index (χ0) is 21.3. The fourth-order valence-electron chi connectivity index (χ4n) is 3.32. The maximum atomic E-state index is 12.3. The Morgan fingerprint density at radius 2 is 2.24 bits per heavy atom. The summed E-state index contributed by atoms with van der Waals surface area (Å²) in [5, 5.41) is 46.3. The van der Waals surface area contributed by atoms with E-state index in [1.807, 2.05) is 19.9 Å². The van der Waals surface area contributed by atoms with Crippen LogP contribution in [-0.2, 0) is 15.1 Å². The summed E-state index contributed by atoms with van der Waals surface area (Å²) in [5.41, 5.74) is 4.87. The third kappa shape index (κ3) is 3.68. The van der Waals surface area contributed by atoms with Gasteiger partial charge in [0.1, 0.15) is 30.1 Å². The minimum Gasteiger partial charge on any atom is -0.394 e. The first kappa shape index (κ1) is 21.1. The van der Waals surface area contributed by atoms with Crippen molar-refractivity contribution in [3.63, 3.8) is 0 Å². The highest BCUT2D eigenvalue weighted by molar-refractivity contribution is 5.97. The summed E-state index contributed by atoms with van der Waals surface area (Å²) >= 11 is 0. The van der Waals surface area contributed by atoms with Gasteiger partial charge in [-0.15, -0.1) is 0 Å². The molecule has 1 amide bonds. The molecule has 2 aromatic rings. The van der Waals surface area contributed by atoms with Crippen molar-refractivity contribution < 1.29 is 24.9 Å². The van der Waals surface area contributed by atoms with Crippen molar-refractivity contribution in [2.75, 3.05) is 11.9 Å². The number of nitrogens with one attached hydrogen (secondary N) is 1. The van der Waals surface area contributed by atoms with Crippen LogP contribution in [-0.4, -0.2) is 66.8 Å². The minimum atomic E-state index is -1.66. The molecule has 1 fully saturated rings. The van der Waals surface area contributed by atoms with Crippen LogP contribution in [0.15, 0.2) is 18.5 Å². The molecule has 1 saturated heterocycles. The summed E-state index contributed by atoms with van der Waals surface area (Å²) in [6.07, 6.45) is -2.77. The molecule has 3 rings (SSSR count). The van der Waals surface area contributed by atoms with E-state index in [2.05, 4.69) is 15.4 Å². The third-order valence-corrected chi connectivity index (χ3v) is 5.11. The largest absolute Gasteiger partial charge is 0.394 e. The van der Waals surface area contributed by atoms with Crippen LogP contribution in [0, 0.1) is 17.2 Å². The molecule has 1 unspecified atom stereocenters. The molecule has 11 nitrogen and oxygen atoms in total. The molecular formula is C18H24N6O5. The van der Waals surface area contributed by atoms with Crippen molar-refractivity contribution in [2.45, 2.75) is 50.2 Å². The molecule has 1 aliphatic heterocycles. The van der Waals surface area contributed by atoms with Crippen molar-refractivity contribution in [3.8, 4) is 6.07 Å². The molecular weight excluding hydrogens is 380 g/mol. The predicted molar refractivity (Wildman–Crippen MR) is 100 cm³/mol. The second kappa shape index (κ2) is 8.02. The number of aliphatic hydroxyl groups is 3. The number of carbonyl (C=O) groups is 1. The first-order valence-corrected chi connectivity index (χ1v) is 9.19. The highest BCUT2D eigenvalue weighted by atomic mass is 16.5. The minimum absolute atomic E-state index is 0.0731. The van der Waals surface area contributed by atoms with Crippen molar-refractivity contribution >= 4 is 17.2 Å². The highest BCUT2D eigenvalue weighted by Gasteiger charge is 2.49. The van der Waals surface area contributed by atoms with Crippen LogP contribution in [0.25, 0.3) is 5.52 Å². The summed E-state index contributed by atoms with van der Waals surface area (Å²) in [6, 6.07) is 4.46. The standard InChI is InChI=1S/C18H24N6O5/c1-9(2)14(20)17(28)23-16-10-3-4-13(24(10)22-8-21-16)18(7-19)5-11(26)15(27)12(6-25)29-18/h3-4,8-9,11-12,14-15,25-27H,5-6,20H2,1-2H3,(H,21,22,23,28)/t11-,12+,14?,15-,18-/m0/s1. The number of nitrogens with two attached hydrogens (primary N) is 1. The average molecular weight is 404 g/mol. The zero-order valence-corrected chi connectivity index (χ0v) is 16.1. The van der Waals surface area contributed by atoms with E-state index in [0.29, 0.717) is 5.52 Å². The van der Waals surface area contributed by atoms with Crippen LogP contribution in [0.1, 0.15) is 26.0 Å². The van der Waals surface area contributed by atoms with E-state index < -0.39 is 42.5 Å². The van der Waals surface area contributed by atoms with Crippen molar-refractivity contribution in [1.29, 1.82) is 5.26 Å². The lowest BCUT2D eigenvalue weighted by Gasteiger charge is -2.40. The van der Waals surface area contributed by atoms with Crippen LogP contribution in [0.5, 0.6) is 0 Å². The van der Waals surface area contributed by atoms with Crippen LogP contribution < -0.4 is 11.1 Å². The Labute approximate surface area is 166 Å². The summed E-state index contributed by atoms with van der Waals surface area (Å²) in [6.45, 7) is 3.07. The maximum Gasteiger partial charge on any atom is 0.242 e. The third-order valence-electron chi connectivity index (χ3n) is 5.11. The lowest BCUT2D eigenvalue weighted by Crippen LogP contribution is -2.54. The van der Waals surface area contributed by atoms with E-state index in [1.165, 1.54) is 10.8 Å². The number of ether oxygens (including phenoxy) is 1. The molecule has 156 valence electrons. The number of anilines is 1. The molecule has 2 aromatic heterocycles. The second-order valence-electron chi connectivity index (χ2n) is 7.42. The maximum absolute atomic E-state index is 12.3. The number of fused-ring (bicyclic) bond motifs is 1. The number of rotatable bonds is 5. The van der Waals surface area contributed by atoms with Gasteiger partial charge >= 0.3 is 0 Å². The van der Waals surface area contributed by atoms with Crippen molar-refractivity contribution in [2.24, 2.45) is 11.7 Å². The molecule has 0 saturated carbocycles. The van der Waals surface area contributed by atoms with Gasteiger partial charge in [0.15, 0.2) is 11.4 Å². The van der Waals surface area contributed by atoms with Gasteiger partial charge in [-0.2, -0.15) is 10.4 Å². The van der Waals surface area contributed by atoms with Gasteiger partial charge in [-0.1, -0.05) is 13.8 Å². The Balaban J connectivity index is 2.01. The molecule has 0 bridgehead atoms. The van der Waals surface area contributed by atoms with Gasteiger partial charge < -0.3 is 31.1 Å². The van der Waals surface area contributed by atoms with Gasteiger partial charge in [-0.25, -0.2) is 9.50 Å². The van der Waals surface area contributed by atoms with Crippen LogP contribution in [0.2, 0.25) is 0 Å². The Morgan fingerprint density at radius 3 is 2.86 bits per heavy atom. The smallest absolute Gasteiger partial charge is 0.242 e. The molecule has 0 aromatic carbocycles. The first-order valence-electron chi connectivity index (χ1n) is 9.19. The van der Waals surface area contributed by atoms with Crippen LogP contribution in [0.4, 0.5) is 5.82 Å². The summed E-state index contributed by atoms with van der Waals surface area (Å²) in [4.78, 5) is 16.4. The van der Waals surface area contributed by atoms with Crippen molar-refractivity contribution in [1.82, 2.24) is 14.6 Å². The Hall–Kier alpha value is -2.62. The summed E-state index contributed by atoms with van der Waals surface area (Å²) in [7, 11) is 0. The first-order chi connectivity index (χ1) is 13.7. The number of nitriles is 1. The number of hydrogen-bond donors (Lipinski definition) is 5. The number of amides is 1. The van der Waals surface area contributed by atoms with E-state index in [-0.39, 0.29) is 23.9 Å². The fourth-order valence-corrected chi connectivity index (χ4v) is 3.32. The van der Waals surface area contributed by atoms with Gasteiger partial charge in [0.25, 0.3) is 0 Å². The molecule has 0 aliphatic carbocycles. The summed E-state index contributed by atoms with van der Waals surface area (Å²) < 4.78 is 7.06. The second-order valence-corrected chi connectivity index (χ2v) is 7.42. The number of hydrogen-bond acceptors (Lipinski definition) is 9. The summed E-state index contributed by atoms with van der Waals surface area (Å²) in [5.74, 6) is -0.280. The molecule has 11 heteroatoms. The van der Waals surface area contributed by atoms with Crippen molar-refractivity contribution in [3.05, 3.63) is 24.2 Å². The zero-order valence-electron chi connectivity index (χ0n) is 16.1. The van der Waals surface area contributed by atoms with Gasteiger partial charge in [-0.3, -0.25) is 4.79 Å². The van der Waals surface area contributed by atoms with Crippen LogP contribution in [0.3, 0.4) is 0 Å². The molecule has 0 radical (unpaired) electrons. The van der Waals surface area contributed by atoms with E-state index >= 15 is 0 Å². The fraction of sp³-hybridized carbons (Fsp3) is 0.556. The molecule has 1 aliphatic rings. The van der Waals surface area contributed by atoms with E-state index in [4.69, 9.17) is 10.5 Å². The number of aliphatic hydroxyl groups excluding tert-OH is 3. The quantitative estimate of drug-likeness (QED) is 0.412. The van der Waals surface area contributed by atoms with E-state index in [1.54, 1.807) is 12.1 Å². The SMILES string of the molecule is CC(C)C(N)C(=O)Nc1ncnn2c([C@@]3(C#N)C[C@H](O)[C@H](O)[C@@H](CO)O3)ccc12. The number of carbonyl (C=O) groups excluding carboxylic acids is 1. The monoisotopic (exact) mass is 404 g/mol. The lowest BCUT2D eigenvalue weighted by atomic mass is 9.86. The lowest BCUT2D eigenvalue weighted by molar-refractivity contribution is -0.209. The Kier molecular flexibility index (Phi) is 5.83. The van der Waals surface area contributed by atoms with Gasteiger partial charge in [0.05, 0.1) is 24.4 Å². The highest BCUT2D eigenvalue weighted by Crippen LogP contribution is 2.38. The Bertz CT molecular complexity index is 940. The average Bonchev–Trinajstić information content (AvgIpc) is 3.15. The number of aromatic nitrogens is 3. The topological polar surface area (TPSA) is 179 Å². The molecule has 5 atom stereocenters. The molecule has 6 N–H and O–H groups in total. The van der Waals surface area contributed by atoms with Gasteiger partial charge in [0, 0.05) is 6.42 Å². The molecule has 29 heavy (non-hydrogen) atoms. The Morgan fingerprint density at radius 1 is 1.52 bits per heavy atom.